The second-order valence-electron chi connectivity index (χ2n) is 8.11. The monoisotopic (exact) mass is 491 g/mol. The number of aromatic nitrogens is 3. The van der Waals surface area contributed by atoms with Crippen molar-refractivity contribution in [3.05, 3.63) is 64.4 Å². The van der Waals surface area contributed by atoms with Gasteiger partial charge in [0, 0.05) is 47.2 Å². The van der Waals surface area contributed by atoms with Gasteiger partial charge in [0.2, 0.25) is 5.91 Å². The number of hydrogen-bond donors (Lipinski definition) is 1. The number of nitrogens with zero attached hydrogens (tertiary/aromatic N) is 4. The molecule has 1 aliphatic rings. The van der Waals surface area contributed by atoms with E-state index in [4.69, 9.17) is 33.7 Å². The summed E-state index contributed by atoms with van der Waals surface area (Å²) in [6, 6.07) is 4.79. The molecule has 0 unspecified atom stereocenters. The van der Waals surface area contributed by atoms with E-state index in [2.05, 4.69) is 15.0 Å². The molecule has 1 fully saturated rings. The molecule has 33 heavy (non-hydrogen) atoms. The van der Waals surface area contributed by atoms with Crippen molar-refractivity contribution in [2.75, 3.05) is 19.6 Å². The summed E-state index contributed by atoms with van der Waals surface area (Å²) >= 11 is 12.3. The van der Waals surface area contributed by atoms with Gasteiger partial charge in [0.25, 0.3) is 0 Å². The largest absolute Gasteiger partial charge is 0.484 e. The van der Waals surface area contributed by atoms with E-state index >= 15 is 0 Å². The zero-order valence-corrected chi connectivity index (χ0v) is 19.6. The molecule has 0 spiro atoms. The van der Waals surface area contributed by atoms with Crippen molar-refractivity contribution >= 4 is 29.1 Å². The minimum atomic E-state index is -0.578. The fourth-order valence-corrected chi connectivity index (χ4v) is 4.75. The molecule has 2 aromatic heterocycles. The maximum atomic E-state index is 13.9. The fourth-order valence-electron chi connectivity index (χ4n) is 4.07. The maximum Gasteiger partial charge on any atom is 0.231 e. The Kier molecular flexibility index (Phi) is 7.17. The average Bonchev–Trinajstić information content (AvgIpc) is 3.27. The number of ether oxygens (including phenoxy) is 1. The van der Waals surface area contributed by atoms with Gasteiger partial charge in [-0.1, -0.05) is 23.2 Å². The minimum absolute atomic E-state index is 0.0535. The molecule has 7 nitrogen and oxygen atoms in total. The zero-order chi connectivity index (χ0) is 23.5. The molecule has 0 aliphatic carbocycles. The topological polar surface area (TPSA) is 86.3 Å². The Morgan fingerprint density at radius 1 is 1.24 bits per heavy atom. The zero-order valence-electron chi connectivity index (χ0n) is 18.0. The highest BCUT2D eigenvalue weighted by Crippen LogP contribution is 2.35. The summed E-state index contributed by atoms with van der Waals surface area (Å²) in [5.41, 5.74) is 7.42. The van der Waals surface area contributed by atoms with Crippen LogP contribution in [0, 0.1) is 5.82 Å². The first-order valence-electron chi connectivity index (χ1n) is 10.6. The molecule has 0 saturated carbocycles. The third kappa shape index (κ3) is 5.46. The third-order valence-electron chi connectivity index (χ3n) is 5.76. The van der Waals surface area contributed by atoms with E-state index in [0.29, 0.717) is 22.9 Å². The second-order valence-corrected chi connectivity index (χ2v) is 8.89. The van der Waals surface area contributed by atoms with Crippen LogP contribution in [0.15, 0.2) is 43.0 Å². The van der Waals surface area contributed by atoms with Crippen LogP contribution in [0.1, 0.15) is 37.5 Å². The van der Waals surface area contributed by atoms with Crippen molar-refractivity contribution in [3.8, 4) is 16.9 Å². The summed E-state index contributed by atoms with van der Waals surface area (Å²) in [6.45, 7) is 3.65. The van der Waals surface area contributed by atoms with Crippen molar-refractivity contribution in [3.63, 3.8) is 0 Å². The van der Waals surface area contributed by atoms with Gasteiger partial charge in [0.15, 0.2) is 0 Å². The van der Waals surface area contributed by atoms with Gasteiger partial charge in [0.05, 0.1) is 30.0 Å². The van der Waals surface area contributed by atoms with Gasteiger partial charge in [-0.25, -0.2) is 4.39 Å². The van der Waals surface area contributed by atoms with Crippen LogP contribution in [-0.4, -0.2) is 45.2 Å². The molecule has 1 aliphatic heterocycles. The van der Waals surface area contributed by atoms with Crippen LogP contribution in [0.4, 0.5) is 4.39 Å². The third-order valence-corrected chi connectivity index (χ3v) is 6.47. The fraction of sp³-hybridized carbons (Fsp3) is 0.348. The average molecular weight is 492 g/mol. The van der Waals surface area contributed by atoms with E-state index in [1.165, 1.54) is 12.1 Å². The Bertz CT molecular complexity index is 1150. The van der Waals surface area contributed by atoms with Crippen molar-refractivity contribution in [2.24, 2.45) is 5.73 Å². The Morgan fingerprint density at radius 2 is 2.00 bits per heavy atom. The number of halogens is 3. The number of pyridine rings is 1. The van der Waals surface area contributed by atoms with Gasteiger partial charge in [0.1, 0.15) is 17.7 Å². The van der Waals surface area contributed by atoms with Crippen molar-refractivity contribution in [1.82, 2.24) is 19.7 Å². The predicted octanol–water partition coefficient (Wildman–Crippen LogP) is 4.65. The molecule has 4 rings (SSSR count). The normalized spacial score (nSPS) is 16.0. The molecule has 3 aromatic rings. The lowest BCUT2D eigenvalue weighted by molar-refractivity contribution is -0.119. The first-order valence-corrected chi connectivity index (χ1v) is 11.4. The number of carbonyl (C=O) groups is 1. The molecule has 174 valence electrons. The number of amides is 1. The summed E-state index contributed by atoms with van der Waals surface area (Å²) in [6.07, 6.45) is 8.30. The molecule has 1 amide bonds. The Labute approximate surface area is 201 Å². The number of nitrogens with two attached hydrogens (primary N) is 1. The van der Waals surface area contributed by atoms with Gasteiger partial charge in [-0.2, -0.15) is 5.10 Å². The summed E-state index contributed by atoms with van der Waals surface area (Å²) in [5, 5.41) is 4.82. The van der Waals surface area contributed by atoms with Gasteiger partial charge >= 0.3 is 0 Å². The van der Waals surface area contributed by atoms with E-state index < -0.39 is 11.9 Å². The van der Waals surface area contributed by atoms with Crippen molar-refractivity contribution < 1.29 is 13.9 Å². The molecule has 2 N–H and O–H groups in total. The number of primary amides is 1. The molecule has 0 bridgehead atoms. The van der Waals surface area contributed by atoms with Crippen molar-refractivity contribution in [1.29, 1.82) is 0 Å². The van der Waals surface area contributed by atoms with E-state index in [1.807, 2.05) is 16.9 Å². The lowest BCUT2D eigenvalue weighted by Gasteiger charge is -2.31. The summed E-state index contributed by atoms with van der Waals surface area (Å²) in [7, 11) is 0. The summed E-state index contributed by atoms with van der Waals surface area (Å²) in [4.78, 5) is 17.5. The van der Waals surface area contributed by atoms with E-state index in [9.17, 15) is 9.18 Å². The van der Waals surface area contributed by atoms with Gasteiger partial charge in [-0.3, -0.25) is 19.4 Å². The first kappa shape index (κ1) is 23.5. The number of benzene rings is 1. The van der Waals surface area contributed by atoms with Crippen LogP contribution in [0.3, 0.4) is 0 Å². The van der Waals surface area contributed by atoms with Gasteiger partial charge in [-0.15, -0.1) is 0 Å². The van der Waals surface area contributed by atoms with Crippen LogP contribution in [0.2, 0.25) is 10.0 Å². The summed E-state index contributed by atoms with van der Waals surface area (Å²) in [5.74, 6) is -0.351. The molecule has 1 aromatic carbocycles. The lowest BCUT2D eigenvalue weighted by Crippen LogP contribution is -2.40. The molecule has 1 atom stereocenters. The highest BCUT2D eigenvalue weighted by molar-refractivity contribution is 6.36. The molecular formula is C23H24Cl2FN5O2. The molecule has 1 saturated heterocycles. The highest BCUT2D eigenvalue weighted by atomic mass is 35.5. The quantitative estimate of drug-likeness (QED) is 0.486. The number of carbonyl (C=O) groups excluding carboxylic acids is 1. The Hall–Kier alpha value is -2.68. The van der Waals surface area contributed by atoms with Crippen LogP contribution < -0.4 is 10.5 Å². The van der Waals surface area contributed by atoms with Crippen LogP contribution in [0.25, 0.3) is 11.1 Å². The van der Waals surface area contributed by atoms with E-state index in [-0.39, 0.29) is 17.0 Å². The van der Waals surface area contributed by atoms with E-state index in [0.717, 1.165) is 37.1 Å². The summed E-state index contributed by atoms with van der Waals surface area (Å²) < 4.78 is 21.8. The molecule has 0 radical (unpaired) electrons. The van der Waals surface area contributed by atoms with Crippen LogP contribution >= 0.6 is 23.2 Å². The number of likely N-dealkylation sites (tertiary alicyclic amines) is 1. The van der Waals surface area contributed by atoms with Gasteiger partial charge in [-0.05, 0) is 38.0 Å². The molecule has 3 heterocycles. The smallest absolute Gasteiger partial charge is 0.231 e. The Balaban J connectivity index is 1.45. The highest BCUT2D eigenvalue weighted by Gasteiger charge is 2.23. The lowest BCUT2D eigenvalue weighted by atomic mass is 10.1. The Morgan fingerprint density at radius 3 is 2.73 bits per heavy atom. The van der Waals surface area contributed by atoms with Crippen molar-refractivity contribution in [2.45, 2.75) is 31.9 Å². The molecular weight excluding hydrogens is 468 g/mol. The standard InChI is InChI=1S/C23H24Cl2FN5O2/c1-14(22-19(24)2-3-20(26)23(22)25)33-18-8-15(9-28-11-18)16-10-29-31(12-16)17-4-6-30(7-5-17)13-21(27)32/h2-3,8-12,14,17H,4-7,13H2,1H3,(H2,27,32)/t14-/m1/s1. The number of piperidine rings is 1. The number of hydrogen-bond acceptors (Lipinski definition) is 5. The van der Waals surface area contributed by atoms with E-state index in [1.54, 1.807) is 25.5 Å². The maximum absolute atomic E-state index is 13.9. The van der Waals surface area contributed by atoms with Crippen LogP contribution in [-0.2, 0) is 4.79 Å². The first-order chi connectivity index (χ1) is 15.8. The second kappa shape index (κ2) is 10.1. The number of rotatable bonds is 7. The molecule has 10 heteroatoms. The minimum Gasteiger partial charge on any atom is -0.484 e. The van der Waals surface area contributed by atoms with Crippen LogP contribution in [0.5, 0.6) is 5.75 Å². The van der Waals surface area contributed by atoms with Gasteiger partial charge < -0.3 is 10.5 Å². The predicted molar refractivity (Wildman–Crippen MR) is 125 cm³/mol. The SMILES string of the molecule is C[C@@H](Oc1cncc(-c2cnn(C3CCN(CC(N)=O)CC3)c2)c1)c1c(Cl)ccc(F)c1Cl.